The number of esters is 1. The van der Waals surface area contributed by atoms with Crippen molar-refractivity contribution in [1.82, 2.24) is 4.72 Å². The number of carbonyl (C=O) groups is 1. The second kappa shape index (κ2) is 12.4. The molecule has 0 spiro atoms. The first-order valence-electron chi connectivity index (χ1n) is 11.2. The zero-order valence-corrected chi connectivity index (χ0v) is 18.9. The molecule has 0 bridgehead atoms. The zero-order valence-electron chi connectivity index (χ0n) is 18.1. The Labute approximate surface area is 180 Å². The Hall–Kier alpha value is -1.47. The number of unbranched alkanes of at least 4 members (excludes halogenated alkanes) is 5. The van der Waals surface area contributed by atoms with E-state index in [9.17, 15) is 17.6 Å². The van der Waals surface area contributed by atoms with Gasteiger partial charge >= 0.3 is 5.97 Å². The molecular weight excluding hydrogens is 405 g/mol. The summed E-state index contributed by atoms with van der Waals surface area (Å²) in [6, 6.07) is 7.75. The van der Waals surface area contributed by atoms with E-state index in [1.54, 1.807) is 0 Å². The zero-order chi connectivity index (χ0) is 21.9. The van der Waals surface area contributed by atoms with E-state index in [-0.39, 0.29) is 12.5 Å². The molecule has 1 unspecified atom stereocenters. The van der Waals surface area contributed by atoms with Gasteiger partial charge in [-0.25, -0.2) is 17.6 Å². The number of carbonyl (C=O) groups excluding carboxylic acids is 1. The number of halogens is 1. The topological polar surface area (TPSA) is 72.5 Å². The van der Waals surface area contributed by atoms with Crippen LogP contribution >= 0.6 is 0 Å². The van der Waals surface area contributed by atoms with Crippen LogP contribution < -0.4 is 4.72 Å². The molecule has 0 amide bonds. The van der Waals surface area contributed by atoms with Gasteiger partial charge in [0, 0.05) is 0 Å². The number of hydrogen-bond donors (Lipinski definition) is 1. The quantitative estimate of drug-likeness (QED) is 0.316. The average molecular weight is 442 g/mol. The average Bonchev–Trinajstić information content (AvgIpc) is 3.29. The number of benzene rings is 1. The fraction of sp³-hybridized carbons (Fsp3) is 0.696. The van der Waals surface area contributed by atoms with Crippen molar-refractivity contribution in [3.8, 4) is 0 Å². The Morgan fingerprint density at radius 3 is 2.37 bits per heavy atom. The van der Waals surface area contributed by atoms with E-state index in [4.69, 9.17) is 4.74 Å². The summed E-state index contributed by atoms with van der Waals surface area (Å²) >= 11 is 0. The molecule has 1 aliphatic carbocycles. The third-order valence-corrected chi connectivity index (χ3v) is 7.00. The number of rotatable bonds is 14. The van der Waals surface area contributed by atoms with E-state index in [1.165, 1.54) is 6.42 Å². The van der Waals surface area contributed by atoms with Crippen LogP contribution in [0.5, 0.6) is 0 Å². The van der Waals surface area contributed by atoms with E-state index >= 15 is 0 Å². The van der Waals surface area contributed by atoms with Crippen LogP contribution in [-0.4, -0.2) is 25.9 Å². The van der Waals surface area contributed by atoms with Gasteiger partial charge in [0.25, 0.3) is 0 Å². The summed E-state index contributed by atoms with van der Waals surface area (Å²) in [7, 11) is -4.21. The van der Waals surface area contributed by atoms with Gasteiger partial charge < -0.3 is 4.74 Å². The van der Waals surface area contributed by atoms with Gasteiger partial charge in [0.2, 0.25) is 16.0 Å². The lowest BCUT2D eigenvalue weighted by atomic mass is 9.79. The molecule has 1 aromatic rings. The van der Waals surface area contributed by atoms with Gasteiger partial charge in [-0.3, -0.25) is 0 Å². The number of alkyl halides is 1. The van der Waals surface area contributed by atoms with Crippen molar-refractivity contribution >= 4 is 16.0 Å². The van der Waals surface area contributed by atoms with Crippen LogP contribution in [0.1, 0.15) is 83.1 Å². The summed E-state index contributed by atoms with van der Waals surface area (Å²) in [4.78, 5) is 13.3. The van der Waals surface area contributed by atoms with Crippen LogP contribution in [0.4, 0.5) is 4.39 Å². The minimum absolute atomic E-state index is 0.0714. The normalized spacial score (nSPS) is 17.0. The van der Waals surface area contributed by atoms with Crippen LogP contribution in [-0.2, 0) is 26.2 Å². The molecule has 0 radical (unpaired) electrons. The minimum atomic E-state index is -4.21. The maximum atomic E-state index is 13.3. The lowest BCUT2D eigenvalue weighted by Gasteiger charge is -2.37. The fourth-order valence-electron chi connectivity index (χ4n) is 4.41. The molecule has 0 heterocycles. The van der Waals surface area contributed by atoms with Gasteiger partial charge in [-0.15, -0.1) is 0 Å². The van der Waals surface area contributed by atoms with Crippen LogP contribution in [0.15, 0.2) is 30.3 Å². The molecule has 2 rings (SSSR count). The molecule has 1 aliphatic rings. The highest BCUT2D eigenvalue weighted by molar-refractivity contribution is 7.89. The molecule has 0 aromatic heterocycles. The molecule has 1 aromatic carbocycles. The van der Waals surface area contributed by atoms with Crippen LogP contribution in [0, 0.1) is 5.92 Å². The Kier molecular flexibility index (Phi) is 10.2. The van der Waals surface area contributed by atoms with Gasteiger partial charge in [0.05, 0.1) is 0 Å². The first-order valence-corrected chi connectivity index (χ1v) is 12.9. The van der Waals surface area contributed by atoms with Gasteiger partial charge in [-0.2, -0.15) is 4.72 Å². The third-order valence-electron chi connectivity index (χ3n) is 6.04. The van der Waals surface area contributed by atoms with Gasteiger partial charge in [0.15, 0.2) is 0 Å². The summed E-state index contributed by atoms with van der Waals surface area (Å²) < 4.78 is 45.8. The Balaban J connectivity index is 2.18. The van der Waals surface area contributed by atoms with Crippen molar-refractivity contribution in [2.75, 3.05) is 6.01 Å². The summed E-state index contributed by atoms with van der Waals surface area (Å²) in [6.07, 6.45) is 9.80. The monoisotopic (exact) mass is 441 g/mol. The van der Waals surface area contributed by atoms with Crippen molar-refractivity contribution < 1.29 is 22.3 Å². The highest BCUT2D eigenvalue weighted by atomic mass is 32.2. The lowest BCUT2D eigenvalue weighted by Crippen LogP contribution is -2.59. The van der Waals surface area contributed by atoms with E-state index in [1.807, 2.05) is 30.3 Å². The molecule has 1 saturated carbocycles. The molecule has 5 nitrogen and oxygen atoms in total. The highest BCUT2D eigenvalue weighted by Crippen LogP contribution is 2.39. The molecule has 1 fully saturated rings. The minimum Gasteiger partial charge on any atom is -0.459 e. The Bertz CT molecular complexity index is 735. The van der Waals surface area contributed by atoms with E-state index in [0.29, 0.717) is 12.8 Å². The van der Waals surface area contributed by atoms with E-state index in [0.717, 1.165) is 56.9 Å². The van der Waals surface area contributed by atoms with Crippen LogP contribution in [0.3, 0.4) is 0 Å². The van der Waals surface area contributed by atoms with Crippen molar-refractivity contribution in [2.45, 2.75) is 89.7 Å². The van der Waals surface area contributed by atoms with Crippen molar-refractivity contribution in [3.05, 3.63) is 35.9 Å². The molecule has 7 heteroatoms. The van der Waals surface area contributed by atoms with E-state index < -0.39 is 27.5 Å². The molecule has 170 valence electrons. The number of hydrogen-bond acceptors (Lipinski definition) is 4. The Morgan fingerprint density at radius 1 is 1.10 bits per heavy atom. The van der Waals surface area contributed by atoms with Gasteiger partial charge in [0.1, 0.15) is 12.1 Å². The van der Waals surface area contributed by atoms with E-state index in [2.05, 4.69) is 11.6 Å². The molecule has 0 saturated heterocycles. The largest absolute Gasteiger partial charge is 0.459 e. The summed E-state index contributed by atoms with van der Waals surface area (Å²) in [5.74, 6) is -0.749. The molecule has 0 aliphatic heterocycles. The van der Waals surface area contributed by atoms with Gasteiger partial charge in [-0.05, 0) is 30.7 Å². The smallest absolute Gasteiger partial charge is 0.327 e. The summed E-state index contributed by atoms with van der Waals surface area (Å²) in [5.41, 5.74) is -0.555. The standard InChI is InChI=1S/C23H36FNO4S/c1-2-3-4-5-6-12-17-23(21-15-10-11-16-21,25-30(27,28)19-24)22(26)29-18-20-13-8-7-9-14-20/h7-9,13-14,21,25H,2-6,10-12,15-19H2,1H3. The highest BCUT2D eigenvalue weighted by Gasteiger charge is 2.49. The predicted octanol–water partition coefficient (Wildman–Crippen LogP) is 5.26. The third kappa shape index (κ3) is 7.34. The molecular formula is C23H36FNO4S. The van der Waals surface area contributed by atoms with Crippen LogP contribution in [0.2, 0.25) is 0 Å². The lowest BCUT2D eigenvalue weighted by molar-refractivity contribution is -0.155. The van der Waals surface area contributed by atoms with Crippen molar-refractivity contribution in [3.63, 3.8) is 0 Å². The van der Waals surface area contributed by atoms with Crippen molar-refractivity contribution in [2.24, 2.45) is 5.92 Å². The SMILES string of the molecule is CCCCCCCCC(NS(=O)(=O)CF)(C(=O)OCc1ccccc1)C1CCCC1. The Morgan fingerprint density at radius 2 is 1.73 bits per heavy atom. The fourth-order valence-corrected chi connectivity index (χ4v) is 5.37. The number of sulfonamides is 1. The van der Waals surface area contributed by atoms with Crippen LogP contribution in [0.25, 0.3) is 0 Å². The predicted molar refractivity (Wildman–Crippen MR) is 117 cm³/mol. The second-order valence-electron chi connectivity index (χ2n) is 8.36. The first kappa shape index (κ1) is 24.8. The maximum Gasteiger partial charge on any atom is 0.327 e. The molecule has 1 N–H and O–H groups in total. The van der Waals surface area contributed by atoms with Crippen molar-refractivity contribution in [1.29, 1.82) is 0 Å². The number of nitrogens with one attached hydrogen (secondary N) is 1. The summed E-state index contributed by atoms with van der Waals surface area (Å²) in [5, 5.41) is 0. The number of ether oxygens (including phenoxy) is 1. The summed E-state index contributed by atoms with van der Waals surface area (Å²) in [6.45, 7) is 2.22. The first-order chi connectivity index (χ1) is 14.4. The molecule has 1 atom stereocenters. The molecule has 30 heavy (non-hydrogen) atoms. The maximum absolute atomic E-state index is 13.3. The van der Waals surface area contributed by atoms with Gasteiger partial charge in [-0.1, -0.05) is 88.6 Å². The second-order valence-corrected chi connectivity index (χ2v) is 10.0.